The molecule has 0 aliphatic heterocycles. The molecular formula is C25H15ClO4. The lowest BCUT2D eigenvalue weighted by atomic mass is 10.00. The van der Waals surface area contributed by atoms with Crippen molar-refractivity contribution in [1.82, 2.24) is 0 Å². The number of Topliss-reactive ketones (excluding diaryl/α,β-unsaturated/α-hetero) is 4. The molecule has 0 aromatic heterocycles. The zero-order chi connectivity index (χ0) is 21.0. The second kappa shape index (κ2) is 6.85. The molecule has 0 atom stereocenters. The molecule has 2 aromatic carbocycles. The van der Waals surface area contributed by atoms with Crippen molar-refractivity contribution in [3.8, 4) is 0 Å². The van der Waals surface area contributed by atoms with Crippen LogP contribution in [0.3, 0.4) is 0 Å². The normalized spacial score (nSPS) is 19.9. The maximum Gasteiger partial charge on any atom is 0.197 e. The van der Waals surface area contributed by atoms with Gasteiger partial charge < -0.3 is 0 Å². The van der Waals surface area contributed by atoms with Gasteiger partial charge in [-0.2, -0.15) is 0 Å². The summed E-state index contributed by atoms with van der Waals surface area (Å²) in [6.45, 7) is 0. The van der Waals surface area contributed by atoms with Gasteiger partial charge in [0.2, 0.25) is 0 Å². The first kappa shape index (κ1) is 18.6. The monoisotopic (exact) mass is 414 g/mol. The van der Waals surface area contributed by atoms with Crippen LogP contribution in [0.25, 0.3) is 0 Å². The van der Waals surface area contributed by atoms with Crippen molar-refractivity contribution >= 4 is 34.7 Å². The Hall–Kier alpha value is -3.37. The molecule has 0 saturated carbocycles. The Balaban J connectivity index is 1.48. The van der Waals surface area contributed by atoms with Gasteiger partial charge in [0, 0.05) is 27.3 Å². The van der Waals surface area contributed by atoms with Crippen molar-refractivity contribution in [3.63, 3.8) is 0 Å². The van der Waals surface area contributed by atoms with Crippen molar-refractivity contribution in [3.05, 3.63) is 105 Å². The third kappa shape index (κ3) is 2.68. The standard InChI is InChI=1S/C25H15ClO4/c26-21-13(11-19-22(27)15-5-1-2-6-16(15)23(19)28)9-10-14(21)12-20-24(29)17-7-3-4-8-18(17)25(20)30/h1-8,11-12,19H,9-10H2. The number of allylic oxidation sites excluding steroid dienone is 6. The highest BCUT2D eigenvalue weighted by Crippen LogP contribution is 2.39. The van der Waals surface area contributed by atoms with E-state index in [4.69, 9.17) is 11.6 Å². The molecule has 146 valence electrons. The van der Waals surface area contributed by atoms with Crippen LogP contribution in [0.1, 0.15) is 54.3 Å². The minimum Gasteiger partial charge on any atom is -0.293 e. The Morgan fingerprint density at radius 1 is 0.733 bits per heavy atom. The van der Waals surface area contributed by atoms with Crippen LogP contribution in [0.4, 0.5) is 0 Å². The fraction of sp³-hybridized carbons (Fsp3) is 0.120. The van der Waals surface area contributed by atoms with Gasteiger partial charge in [-0.3, -0.25) is 19.2 Å². The number of ketones is 4. The molecule has 0 amide bonds. The van der Waals surface area contributed by atoms with Crippen LogP contribution in [0, 0.1) is 5.92 Å². The largest absolute Gasteiger partial charge is 0.293 e. The van der Waals surface area contributed by atoms with Crippen LogP contribution in [-0.2, 0) is 0 Å². The summed E-state index contributed by atoms with van der Waals surface area (Å²) in [5.41, 5.74) is 3.14. The molecule has 3 aliphatic carbocycles. The SMILES string of the molecule is O=C1C(=CC2=C(Cl)C(=CC3C(=O)c4ccccc4C3=O)CC2)C(=O)c2ccccc21. The summed E-state index contributed by atoms with van der Waals surface area (Å²) in [7, 11) is 0. The van der Waals surface area contributed by atoms with Gasteiger partial charge in [-0.05, 0) is 30.1 Å². The maximum atomic E-state index is 12.6. The van der Waals surface area contributed by atoms with E-state index in [1.165, 1.54) is 0 Å². The number of hydrogen-bond donors (Lipinski definition) is 0. The van der Waals surface area contributed by atoms with Crippen molar-refractivity contribution in [1.29, 1.82) is 0 Å². The average Bonchev–Trinajstić information content (AvgIpc) is 3.32. The highest BCUT2D eigenvalue weighted by molar-refractivity contribution is 6.40. The first-order chi connectivity index (χ1) is 14.5. The van der Waals surface area contributed by atoms with Crippen LogP contribution < -0.4 is 0 Å². The van der Waals surface area contributed by atoms with Gasteiger partial charge in [0.1, 0.15) is 5.92 Å². The summed E-state index contributed by atoms with van der Waals surface area (Å²) in [4.78, 5) is 50.5. The summed E-state index contributed by atoms with van der Waals surface area (Å²) in [5, 5.41) is 0.399. The number of rotatable bonds is 2. The van der Waals surface area contributed by atoms with Crippen molar-refractivity contribution in [2.75, 3.05) is 0 Å². The van der Waals surface area contributed by atoms with Crippen LogP contribution in [0.5, 0.6) is 0 Å². The lowest BCUT2D eigenvalue weighted by Gasteiger charge is -2.03. The second-order valence-corrected chi connectivity index (χ2v) is 7.92. The van der Waals surface area contributed by atoms with Crippen LogP contribution in [0.15, 0.2) is 82.4 Å². The Bertz CT molecular complexity index is 1200. The minimum absolute atomic E-state index is 0.103. The van der Waals surface area contributed by atoms with E-state index in [-0.39, 0.29) is 28.7 Å². The van der Waals surface area contributed by atoms with Gasteiger partial charge in [0.25, 0.3) is 0 Å². The third-order valence-corrected chi connectivity index (χ3v) is 6.33. The van der Waals surface area contributed by atoms with E-state index in [1.54, 1.807) is 60.7 Å². The molecule has 0 spiro atoms. The molecule has 0 heterocycles. The van der Waals surface area contributed by atoms with Crippen LogP contribution >= 0.6 is 11.6 Å². The number of halogens is 1. The molecule has 0 saturated heterocycles. The molecule has 5 rings (SSSR count). The van der Waals surface area contributed by atoms with E-state index in [0.717, 1.165) is 0 Å². The molecule has 0 unspecified atom stereocenters. The van der Waals surface area contributed by atoms with E-state index in [1.807, 2.05) is 0 Å². The van der Waals surface area contributed by atoms with Crippen LogP contribution in [-0.4, -0.2) is 23.1 Å². The summed E-state index contributed by atoms with van der Waals surface area (Å²) < 4.78 is 0. The average molecular weight is 415 g/mol. The predicted octanol–water partition coefficient (Wildman–Crippen LogP) is 4.90. The smallest absolute Gasteiger partial charge is 0.197 e. The summed E-state index contributed by atoms with van der Waals surface area (Å²) in [6, 6.07) is 13.5. The van der Waals surface area contributed by atoms with E-state index in [0.29, 0.717) is 51.3 Å². The van der Waals surface area contributed by atoms with Crippen molar-refractivity contribution in [2.24, 2.45) is 5.92 Å². The molecule has 0 fully saturated rings. The van der Waals surface area contributed by atoms with Gasteiger partial charge >= 0.3 is 0 Å². The number of hydrogen-bond acceptors (Lipinski definition) is 4. The van der Waals surface area contributed by atoms with E-state index in [9.17, 15) is 19.2 Å². The van der Waals surface area contributed by atoms with Crippen LogP contribution in [0.2, 0.25) is 0 Å². The number of benzene rings is 2. The lowest BCUT2D eigenvalue weighted by molar-refractivity contribution is 0.0869. The second-order valence-electron chi connectivity index (χ2n) is 7.54. The van der Waals surface area contributed by atoms with Gasteiger partial charge in [-0.15, -0.1) is 0 Å². The minimum atomic E-state index is -0.878. The molecule has 0 N–H and O–H groups in total. The Morgan fingerprint density at radius 2 is 1.23 bits per heavy atom. The molecule has 0 radical (unpaired) electrons. The highest BCUT2D eigenvalue weighted by atomic mass is 35.5. The quantitative estimate of drug-likeness (QED) is 0.398. The molecule has 5 heteroatoms. The number of carbonyl (C=O) groups excluding carboxylic acids is 4. The molecule has 2 aromatic rings. The third-order valence-electron chi connectivity index (χ3n) is 5.84. The molecule has 30 heavy (non-hydrogen) atoms. The molecule has 3 aliphatic rings. The topological polar surface area (TPSA) is 68.3 Å². The fourth-order valence-corrected chi connectivity index (χ4v) is 4.59. The van der Waals surface area contributed by atoms with Gasteiger partial charge in [-0.25, -0.2) is 0 Å². The zero-order valence-electron chi connectivity index (χ0n) is 15.8. The summed E-state index contributed by atoms with van der Waals surface area (Å²) >= 11 is 6.54. The molecular weight excluding hydrogens is 400 g/mol. The van der Waals surface area contributed by atoms with E-state index >= 15 is 0 Å². The summed E-state index contributed by atoms with van der Waals surface area (Å²) in [6.07, 6.45) is 4.26. The number of carbonyl (C=O) groups is 4. The Morgan fingerprint density at radius 3 is 1.77 bits per heavy atom. The van der Waals surface area contributed by atoms with Gasteiger partial charge in [0.15, 0.2) is 23.1 Å². The number of fused-ring (bicyclic) bond motifs is 2. The van der Waals surface area contributed by atoms with Crippen molar-refractivity contribution < 1.29 is 19.2 Å². The lowest BCUT2D eigenvalue weighted by Crippen LogP contribution is -2.12. The first-order valence-corrected chi connectivity index (χ1v) is 10.0. The highest BCUT2D eigenvalue weighted by Gasteiger charge is 2.38. The van der Waals surface area contributed by atoms with E-state index < -0.39 is 5.92 Å². The zero-order valence-corrected chi connectivity index (χ0v) is 16.5. The fourth-order valence-electron chi connectivity index (χ4n) is 4.28. The van der Waals surface area contributed by atoms with Crippen molar-refractivity contribution in [2.45, 2.75) is 12.8 Å². The Kier molecular flexibility index (Phi) is 4.26. The Labute approximate surface area is 177 Å². The first-order valence-electron chi connectivity index (χ1n) is 9.64. The summed E-state index contributed by atoms with van der Waals surface area (Å²) in [5.74, 6) is -1.94. The predicted molar refractivity (Wildman–Crippen MR) is 112 cm³/mol. The van der Waals surface area contributed by atoms with Gasteiger partial charge in [0.05, 0.1) is 5.57 Å². The molecule has 4 nitrogen and oxygen atoms in total. The molecule has 0 bridgehead atoms. The van der Waals surface area contributed by atoms with E-state index in [2.05, 4.69) is 0 Å². The van der Waals surface area contributed by atoms with Gasteiger partial charge in [-0.1, -0.05) is 66.2 Å². The maximum absolute atomic E-state index is 12.6.